The summed E-state index contributed by atoms with van der Waals surface area (Å²) in [6.45, 7) is 4.66. The first-order chi connectivity index (χ1) is 62.6. The summed E-state index contributed by atoms with van der Waals surface area (Å²) in [5.74, 6) is 1.27. The number of rotatable bonds is 13. The fourth-order valence-corrected chi connectivity index (χ4v) is 18.9. The van der Waals surface area contributed by atoms with Gasteiger partial charge in [0.15, 0.2) is 11.6 Å². The molecule has 8 nitrogen and oxygen atoms in total. The molecular weight excluding hydrogens is 1550 g/mol. The fourth-order valence-electron chi connectivity index (χ4n) is 18.9. The Kier molecular flexibility index (Phi) is 17.8. The molecule has 6 heterocycles. The second kappa shape index (κ2) is 30.4. The first kappa shape index (κ1) is 74.2. The highest BCUT2D eigenvalue weighted by Crippen LogP contribution is 2.51. The third-order valence-electron chi connectivity index (χ3n) is 25.4. The van der Waals surface area contributed by atoms with Crippen LogP contribution in [0.25, 0.3) is 245 Å². The van der Waals surface area contributed by atoms with Gasteiger partial charge in [-0.1, -0.05) is 335 Å². The molecule has 25 rings (SSSR count). The number of benzene rings is 18. The molecule has 1 aliphatic carbocycles. The standard InChI is InChI=1S/C61H40N2O2.C58H36N2O2/c1-61(2)52-23-9-6-16-46(52)47-31-30-40(35-53(47)61)37-26-28-39(29-27-37)55-36-54(38-14-4-3-5-15-38)62-60(63-55)43-33-41(44-19-12-21-50-48-17-7-10-24-56(48)64-58(44)50)32-42(34-43)45-20-13-22-51-49-18-8-11-25-57(49)65-59(45)51;1-3-11-37(12-4-1)39-19-23-41(24-20-39)52-36-53(42-25-21-40(22-26-42)38-13-5-2-6-14-38)60-58(59-52)47-32-45(43-27-29-56-50(34-43)48-15-7-9-17-54(48)61-56)31-46(33-47)44-28-30-57-51(35-44)49-16-8-10-18-55(49)62-57/h3-36H,1-2H3;1-36H. The molecule has 0 atom stereocenters. The Morgan fingerprint density at radius 1 is 0.165 bits per heavy atom. The molecular formula is C119H76N4O4. The van der Waals surface area contributed by atoms with Gasteiger partial charge in [-0.2, -0.15) is 0 Å². The van der Waals surface area contributed by atoms with Crippen LogP contribution in [0.3, 0.4) is 0 Å². The van der Waals surface area contributed by atoms with E-state index in [4.69, 9.17) is 37.6 Å². The molecule has 0 aliphatic heterocycles. The van der Waals surface area contributed by atoms with Crippen LogP contribution in [0.5, 0.6) is 0 Å². The van der Waals surface area contributed by atoms with E-state index in [9.17, 15) is 0 Å². The van der Waals surface area contributed by atoms with Crippen molar-refractivity contribution in [1.29, 1.82) is 0 Å². The lowest BCUT2D eigenvalue weighted by atomic mass is 9.81. The average molecular weight is 1630 g/mol. The van der Waals surface area contributed by atoms with E-state index in [1.807, 2.05) is 66.7 Å². The molecule has 0 bridgehead atoms. The highest BCUT2D eigenvalue weighted by atomic mass is 16.3. The van der Waals surface area contributed by atoms with Gasteiger partial charge >= 0.3 is 0 Å². The highest BCUT2D eigenvalue weighted by molar-refractivity contribution is 6.13. The summed E-state index contributed by atoms with van der Waals surface area (Å²) in [7, 11) is 0. The second-order valence-corrected chi connectivity index (χ2v) is 33.5. The topological polar surface area (TPSA) is 104 Å². The average Bonchev–Trinajstić information content (AvgIpc) is 1.60. The van der Waals surface area contributed by atoms with Crippen LogP contribution in [-0.2, 0) is 5.41 Å². The lowest BCUT2D eigenvalue weighted by Crippen LogP contribution is -2.14. The van der Waals surface area contributed by atoms with Crippen LogP contribution in [0.4, 0.5) is 0 Å². The molecule has 24 aromatic rings. The van der Waals surface area contributed by atoms with Gasteiger partial charge in [-0.3, -0.25) is 0 Å². The molecule has 0 amide bonds. The maximum atomic E-state index is 6.63. The highest BCUT2D eigenvalue weighted by Gasteiger charge is 2.35. The van der Waals surface area contributed by atoms with Crippen molar-refractivity contribution >= 4 is 87.8 Å². The largest absolute Gasteiger partial charge is 0.456 e. The Bertz CT molecular complexity index is 8090. The lowest BCUT2D eigenvalue weighted by molar-refractivity contribution is 0.660. The van der Waals surface area contributed by atoms with Crippen LogP contribution in [-0.4, -0.2) is 19.9 Å². The van der Waals surface area contributed by atoms with E-state index in [2.05, 4.69) is 372 Å². The van der Waals surface area contributed by atoms with Crippen molar-refractivity contribution in [2.45, 2.75) is 19.3 Å². The third-order valence-corrected chi connectivity index (χ3v) is 25.4. The van der Waals surface area contributed by atoms with Crippen LogP contribution in [0, 0.1) is 0 Å². The molecule has 596 valence electrons. The Labute approximate surface area is 732 Å². The quantitative estimate of drug-likeness (QED) is 0.112. The lowest BCUT2D eigenvalue weighted by Gasteiger charge is -2.22. The van der Waals surface area contributed by atoms with Crippen LogP contribution in [0.2, 0.25) is 0 Å². The molecule has 0 saturated heterocycles. The van der Waals surface area contributed by atoms with E-state index < -0.39 is 0 Å². The van der Waals surface area contributed by atoms with Crippen molar-refractivity contribution in [1.82, 2.24) is 19.9 Å². The minimum Gasteiger partial charge on any atom is -0.456 e. The number of fused-ring (bicyclic) bond motifs is 15. The van der Waals surface area contributed by atoms with Gasteiger partial charge in [0.25, 0.3) is 0 Å². The normalized spacial score (nSPS) is 12.2. The molecule has 0 spiro atoms. The molecule has 6 aromatic heterocycles. The predicted octanol–water partition coefficient (Wildman–Crippen LogP) is 32.5. The van der Waals surface area contributed by atoms with Gasteiger partial charge in [-0.05, 0) is 192 Å². The van der Waals surface area contributed by atoms with Crippen molar-refractivity contribution < 1.29 is 17.7 Å². The molecule has 8 heteroatoms. The molecule has 0 N–H and O–H groups in total. The van der Waals surface area contributed by atoms with Gasteiger partial charge in [-0.25, -0.2) is 19.9 Å². The SMILES string of the molecule is CC1(C)c2ccccc2-c2ccc(-c3ccc(-c4cc(-c5ccccc5)nc(-c5cc(-c6cccc7c6oc6ccccc67)cc(-c6cccc7c6oc6ccccc67)c5)n4)cc3)cc21.c1ccc(-c2ccc(-c3cc(-c4ccc(-c5ccccc5)cc4)nc(-c4cc(-c5ccc6oc7ccccc7c6c5)cc(-c5ccc6oc7ccccc7c6c5)c4)n3)cc2)cc1. The summed E-state index contributed by atoms with van der Waals surface area (Å²) < 4.78 is 25.8. The molecule has 18 aromatic carbocycles. The van der Waals surface area contributed by atoms with Crippen LogP contribution in [0.15, 0.2) is 442 Å². The smallest absolute Gasteiger partial charge is 0.160 e. The number of furan rings is 4. The van der Waals surface area contributed by atoms with Gasteiger partial charge in [0.05, 0.1) is 22.8 Å². The van der Waals surface area contributed by atoms with E-state index in [-0.39, 0.29) is 5.41 Å². The minimum absolute atomic E-state index is 0.0681. The zero-order valence-electron chi connectivity index (χ0n) is 69.3. The number of aromatic nitrogens is 4. The Morgan fingerprint density at radius 2 is 0.449 bits per heavy atom. The minimum atomic E-state index is -0.0681. The first-order valence-electron chi connectivity index (χ1n) is 43.1. The van der Waals surface area contributed by atoms with E-state index >= 15 is 0 Å². The number of hydrogen-bond donors (Lipinski definition) is 0. The Hall–Kier alpha value is -16.7. The van der Waals surface area contributed by atoms with E-state index in [1.165, 1.54) is 38.9 Å². The number of hydrogen-bond acceptors (Lipinski definition) is 8. The number of nitrogens with zero attached hydrogens (tertiary/aromatic N) is 4. The summed E-state index contributed by atoms with van der Waals surface area (Å²) in [4.78, 5) is 21.5. The third kappa shape index (κ3) is 13.3. The van der Waals surface area contributed by atoms with Crippen molar-refractivity contribution in [3.05, 3.63) is 436 Å². The van der Waals surface area contributed by atoms with E-state index in [0.29, 0.717) is 11.6 Å². The van der Waals surface area contributed by atoms with Crippen molar-refractivity contribution in [2.75, 3.05) is 0 Å². The summed E-state index contributed by atoms with van der Waals surface area (Å²) in [6.07, 6.45) is 0. The fraction of sp³-hybridized carbons (Fsp3) is 0.0252. The first-order valence-corrected chi connectivity index (χ1v) is 43.1. The second-order valence-electron chi connectivity index (χ2n) is 33.5. The summed E-state index contributed by atoms with van der Waals surface area (Å²) >= 11 is 0. The van der Waals surface area contributed by atoms with Gasteiger partial charge in [0.1, 0.15) is 44.7 Å². The van der Waals surface area contributed by atoms with Gasteiger partial charge < -0.3 is 17.7 Å². The molecule has 0 fully saturated rings. The Morgan fingerprint density at radius 3 is 0.898 bits per heavy atom. The van der Waals surface area contributed by atoms with Gasteiger partial charge in [0, 0.05) is 93.0 Å². The van der Waals surface area contributed by atoms with Gasteiger partial charge in [-0.15, -0.1) is 0 Å². The maximum absolute atomic E-state index is 6.63. The van der Waals surface area contributed by atoms with E-state index in [1.54, 1.807) is 0 Å². The van der Waals surface area contributed by atoms with E-state index in [0.717, 1.165) is 205 Å². The van der Waals surface area contributed by atoms with Crippen molar-refractivity contribution in [3.63, 3.8) is 0 Å². The summed E-state index contributed by atoms with van der Waals surface area (Å²) in [5, 5.41) is 8.67. The van der Waals surface area contributed by atoms with Crippen molar-refractivity contribution in [3.8, 4) is 157 Å². The van der Waals surface area contributed by atoms with Crippen molar-refractivity contribution in [2.24, 2.45) is 0 Å². The van der Waals surface area contributed by atoms with Gasteiger partial charge in [0.2, 0.25) is 0 Å². The summed E-state index contributed by atoms with van der Waals surface area (Å²) in [5.41, 5.74) is 36.7. The van der Waals surface area contributed by atoms with Crippen LogP contribution >= 0.6 is 0 Å². The molecule has 0 radical (unpaired) electrons. The molecule has 127 heavy (non-hydrogen) atoms. The molecule has 0 saturated carbocycles. The Balaban J connectivity index is 0.000000142. The van der Waals surface area contributed by atoms with Crippen LogP contribution < -0.4 is 0 Å². The number of para-hydroxylation sites is 6. The zero-order chi connectivity index (χ0) is 84.2. The summed E-state index contributed by atoms with van der Waals surface area (Å²) in [6, 6.07) is 149. The molecule has 1 aliphatic rings. The molecule has 0 unspecified atom stereocenters. The monoisotopic (exact) mass is 1620 g/mol. The zero-order valence-corrected chi connectivity index (χ0v) is 69.3. The predicted molar refractivity (Wildman–Crippen MR) is 521 cm³/mol. The van der Waals surface area contributed by atoms with Crippen LogP contribution in [0.1, 0.15) is 25.0 Å². The maximum Gasteiger partial charge on any atom is 0.160 e.